The molecule has 24 heavy (non-hydrogen) atoms. The number of aromatic nitrogens is 1. The van der Waals surface area contributed by atoms with E-state index < -0.39 is 11.7 Å². The molecule has 3 rings (SSSR count). The topological polar surface area (TPSA) is 36.7 Å². The van der Waals surface area contributed by atoms with Gasteiger partial charge in [0.1, 0.15) is 6.07 Å². The molecule has 0 radical (unpaired) electrons. The Bertz CT molecular complexity index is 949. The van der Waals surface area contributed by atoms with Crippen molar-refractivity contribution in [2.45, 2.75) is 6.18 Å². The van der Waals surface area contributed by atoms with Crippen molar-refractivity contribution in [1.29, 1.82) is 5.26 Å². The van der Waals surface area contributed by atoms with Crippen molar-refractivity contribution >= 4 is 22.4 Å². The standard InChI is InChI=1S/C19H11F3N2/c20-19(21,22)17-7-8-18(24-12-17)16(11-23)10-13-5-6-14-3-1-2-4-15(14)9-13/h1-10,12H/b16-10+. The first-order valence-electron chi connectivity index (χ1n) is 7.11. The molecule has 1 aromatic heterocycles. The Balaban J connectivity index is 1.98. The summed E-state index contributed by atoms with van der Waals surface area (Å²) in [5.41, 5.74) is 0.360. The van der Waals surface area contributed by atoms with Gasteiger partial charge in [-0.1, -0.05) is 36.4 Å². The monoisotopic (exact) mass is 324 g/mol. The zero-order chi connectivity index (χ0) is 17.2. The Hall–Kier alpha value is -3.13. The maximum atomic E-state index is 12.6. The van der Waals surface area contributed by atoms with Gasteiger partial charge < -0.3 is 0 Å². The number of nitriles is 1. The second-order valence-corrected chi connectivity index (χ2v) is 5.21. The van der Waals surface area contributed by atoms with E-state index in [1.54, 1.807) is 6.08 Å². The van der Waals surface area contributed by atoms with E-state index in [0.717, 1.165) is 28.6 Å². The van der Waals surface area contributed by atoms with E-state index in [9.17, 15) is 18.4 Å². The summed E-state index contributed by atoms with van der Waals surface area (Å²) in [5, 5.41) is 11.4. The van der Waals surface area contributed by atoms with Gasteiger partial charge in [-0.3, -0.25) is 4.98 Å². The maximum Gasteiger partial charge on any atom is 0.417 e. The Kier molecular flexibility index (Phi) is 4.05. The summed E-state index contributed by atoms with van der Waals surface area (Å²) in [5.74, 6) is 0. The third-order valence-electron chi connectivity index (χ3n) is 3.57. The number of hydrogen-bond acceptors (Lipinski definition) is 2. The minimum absolute atomic E-state index is 0.207. The molecule has 0 atom stereocenters. The van der Waals surface area contributed by atoms with Gasteiger partial charge in [-0.25, -0.2) is 0 Å². The van der Waals surface area contributed by atoms with Crippen LogP contribution in [0.5, 0.6) is 0 Å². The first-order chi connectivity index (χ1) is 11.5. The van der Waals surface area contributed by atoms with Gasteiger partial charge in [0.2, 0.25) is 0 Å². The van der Waals surface area contributed by atoms with Crippen LogP contribution in [-0.2, 0) is 6.18 Å². The van der Waals surface area contributed by atoms with Crippen molar-refractivity contribution in [3.05, 3.63) is 77.6 Å². The van der Waals surface area contributed by atoms with Crippen molar-refractivity contribution in [3.63, 3.8) is 0 Å². The number of rotatable bonds is 2. The lowest BCUT2D eigenvalue weighted by molar-refractivity contribution is -0.137. The number of halogens is 3. The smallest absolute Gasteiger partial charge is 0.255 e. The van der Waals surface area contributed by atoms with Crippen LogP contribution in [0.2, 0.25) is 0 Å². The highest BCUT2D eigenvalue weighted by Gasteiger charge is 2.30. The summed E-state index contributed by atoms with van der Waals surface area (Å²) in [6, 6.07) is 17.6. The molecule has 0 saturated carbocycles. The third-order valence-corrected chi connectivity index (χ3v) is 3.57. The summed E-state index contributed by atoms with van der Waals surface area (Å²) in [4.78, 5) is 3.76. The molecule has 0 fully saturated rings. The van der Waals surface area contributed by atoms with Gasteiger partial charge in [0.25, 0.3) is 0 Å². The molecule has 0 bridgehead atoms. The van der Waals surface area contributed by atoms with Crippen molar-refractivity contribution in [1.82, 2.24) is 4.98 Å². The van der Waals surface area contributed by atoms with E-state index in [4.69, 9.17) is 0 Å². The second kappa shape index (κ2) is 6.17. The third kappa shape index (κ3) is 3.28. The first kappa shape index (κ1) is 15.8. The predicted molar refractivity (Wildman–Crippen MR) is 86.7 cm³/mol. The van der Waals surface area contributed by atoms with E-state index in [-0.39, 0.29) is 11.3 Å². The van der Waals surface area contributed by atoms with E-state index in [1.165, 1.54) is 6.07 Å². The highest BCUT2D eigenvalue weighted by atomic mass is 19.4. The van der Waals surface area contributed by atoms with Gasteiger partial charge in [-0.05, 0) is 40.6 Å². The number of nitrogens with zero attached hydrogens (tertiary/aromatic N) is 2. The average Bonchev–Trinajstić information content (AvgIpc) is 2.59. The molecule has 0 saturated heterocycles. The molecule has 0 aliphatic heterocycles. The van der Waals surface area contributed by atoms with Gasteiger partial charge in [0.15, 0.2) is 0 Å². The molecule has 0 aliphatic rings. The van der Waals surface area contributed by atoms with Crippen LogP contribution in [-0.4, -0.2) is 4.98 Å². The molecular weight excluding hydrogens is 313 g/mol. The fourth-order valence-corrected chi connectivity index (χ4v) is 2.35. The van der Waals surface area contributed by atoms with Crippen LogP contribution in [0.25, 0.3) is 22.4 Å². The molecule has 0 N–H and O–H groups in total. The number of fused-ring (bicyclic) bond motifs is 1. The lowest BCUT2D eigenvalue weighted by Gasteiger charge is -2.06. The lowest BCUT2D eigenvalue weighted by Crippen LogP contribution is -2.05. The quantitative estimate of drug-likeness (QED) is 0.598. The number of allylic oxidation sites excluding steroid dienone is 1. The molecule has 1 heterocycles. The van der Waals surface area contributed by atoms with Crippen LogP contribution in [0, 0.1) is 11.3 Å². The second-order valence-electron chi connectivity index (χ2n) is 5.21. The van der Waals surface area contributed by atoms with Crippen LogP contribution in [0.1, 0.15) is 16.8 Å². The van der Waals surface area contributed by atoms with E-state index in [1.807, 2.05) is 48.5 Å². The Morgan fingerprint density at radius 2 is 1.75 bits per heavy atom. The van der Waals surface area contributed by atoms with Crippen molar-refractivity contribution in [2.75, 3.05) is 0 Å². The fraction of sp³-hybridized carbons (Fsp3) is 0.0526. The molecule has 0 amide bonds. The number of alkyl halides is 3. The summed E-state index contributed by atoms with van der Waals surface area (Å²) in [6.07, 6.45) is -2.09. The predicted octanol–water partition coefficient (Wildman–Crippen LogP) is 5.32. The van der Waals surface area contributed by atoms with E-state index >= 15 is 0 Å². The van der Waals surface area contributed by atoms with Crippen LogP contribution in [0.3, 0.4) is 0 Å². The zero-order valence-corrected chi connectivity index (χ0v) is 12.4. The Morgan fingerprint density at radius 3 is 2.38 bits per heavy atom. The van der Waals surface area contributed by atoms with Crippen molar-refractivity contribution in [3.8, 4) is 6.07 Å². The molecule has 3 aromatic rings. The highest BCUT2D eigenvalue weighted by molar-refractivity contribution is 5.91. The highest BCUT2D eigenvalue weighted by Crippen LogP contribution is 2.29. The van der Waals surface area contributed by atoms with Crippen molar-refractivity contribution in [2.24, 2.45) is 0 Å². The lowest BCUT2D eigenvalue weighted by atomic mass is 10.0. The first-order valence-corrected chi connectivity index (χ1v) is 7.11. The van der Waals surface area contributed by atoms with Gasteiger partial charge in [-0.2, -0.15) is 18.4 Å². The normalized spacial score (nSPS) is 12.2. The number of pyridine rings is 1. The average molecular weight is 324 g/mol. The summed E-state index contributed by atoms with van der Waals surface area (Å²) in [7, 11) is 0. The van der Waals surface area contributed by atoms with Gasteiger partial charge >= 0.3 is 6.18 Å². The molecule has 118 valence electrons. The molecule has 0 unspecified atom stereocenters. The molecular formula is C19H11F3N2. The molecule has 2 nitrogen and oxygen atoms in total. The van der Waals surface area contributed by atoms with Gasteiger partial charge in [0, 0.05) is 6.20 Å². The SMILES string of the molecule is N#C/C(=C\c1ccc2ccccc2c1)c1ccc(C(F)(F)F)cn1. The molecule has 0 aliphatic carbocycles. The minimum atomic E-state index is -4.44. The van der Waals surface area contributed by atoms with E-state index in [0.29, 0.717) is 0 Å². The molecule has 2 aromatic carbocycles. The van der Waals surface area contributed by atoms with E-state index in [2.05, 4.69) is 4.98 Å². The van der Waals surface area contributed by atoms with Gasteiger partial charge in [0.05, 0.1) is 16.8 Å². The summed E-state index contributed by atoms with van der Waals surface area (Å²) in [6.45, 7) is 0. The summed E-state index contributed by atoms with van der Waals surface area (Å²) >= 11 is 0. The van der Waals surface area contributed by atoms with Crippen LogP contribution >= 0.6 is 0 Å². The minimum Gasteiger partial charge on any atom is -0.255 e. The summed E-state index contributed by atoms with van der Waals surface area (Å²) < 4.78 is 37.7. The van der Waals surface area contributed by atoms with Crippen LogP contribution < -0.4 is 0 Å². The Labute approximate surface area is 136 Å². The van der Waals surface area contributed by atoms with Crippen molar-refractivity contribution < 1.29 is 13.2 Å². The maximum absolute atomic E-state index is 12.6. The number of hydrogen-bond donors (Lipinski definition) is 0. The zero-order valence-electron chi connectivity index (χ0n) is 12.4. The molecule has 0 spiro atoms. The largest absolute Gasteiger partial charge is 0.417 e. The number of benzene rings is 2. The Morgan fingerprint density at radius 1 is 1.00 bits per heavy atom. The van der Waals surface area contributed by atoms with Gasteiger partial charge in [-0.15, -0.1) is 0 Å². The van der Waals surface area contributed by atoms with Crippen LogP contribution in [0.4, 0.5) is 13.2 Å². The molecule has 5 heteroatoms. The van der Waals surface area contributed by atoms with Crippen LogP contribution in [0.15, 0.2) is 60.8 Å². The fourth-order valence-electron chi connectivity index (χ4n) is 2.35.